The Labute approximate surface area is 243 Å². The fourth-order valence-corrected chi connectivity index (χ4v) is 5.35. The van der Waals surface area contributed by atoms with Crippen molar-refractivity contribution >= 4 is 17.3 Å². The van der Waals surface area contributed by atoms with E-state index < -0.39 is 22.0 Å². The van der Waals surface area contributed by atoms with E-state index in [1.54, 1.807) is 12.1 Å². The third-order valence-corrected chi connectivity index (χ3v) is 7.54. The molecule has 0 unspecified atom stereocenters. The van der Waals surface area contributed by atoms with Gasteiger partial charge < -0.3 is 4.42 Å². The van der Waals surface area contributed by atoms with Crippen LogP contribution < -0.4 is 11.1 Å². The average molecular weight is 582 g/mol. The molecule has 0 saturated carbocycles. The predicted molar refractivity (Wildman–Crippen MR) is 160 cm³/mol. The van der Waals surface area contributed by atoms with E-state index in [0.717, 1.165) is 22.3 Å². The second-order valence-corrected chi connectivity index (χ2v) is 10.4. The van der Waals surface area contributed by atoms with E-state index in [2.05, 4.69) is 20.4 Å². The topological polar surface area (TPSA) is 154 Å². The number of furan rings is 1. The lowest BCUT2D eigenvalue weighted by atomic mass is 9.86. The van der Waals surface area contributed by atoms with Crippen LogP contribution in [0.25, 0.3) is 33.8 Å². The molecule has 0 saturated heterocycles. The number of nitrogens with one attached hydrogen (secondary N) is 4. The Morgan fingerprint density at radius 2 is 1.26 bits per heavy atom. The van der Waals surface area contributed by atoms with Gasteiger partial charge in [0.1, 0.15) is 11.5 Å². The van der Waals surface area contributed by atoms with Crippen molar-refractivity contribution in [2.75, 3.05) is 0 Å². The van der Waals surface area contributed by atoms with Crippen molar-refractivity contribution in [3.63, 3.8) is 0 Å². The van der Waals surface area contributed by atoms with Crippen LogP contribution in [-0.4, -0.2) is 25.3 Å². The number of hydrogen-bond acceptors (Lipinski definition) is 5. The quantitative estimate of drug-likeness (QED) is 0.122. The van der Waals surface area contributed by atoms with Crippen molar-refractivity contribution in [3.05, 3.63) is 143 Å². The van der Waals surface area contributed by atoms with Crippen molar-refractivity contribution in [2.24, 2.45) is 0 Å². The van der Waals surface area contributed by atoms with Crippen LogP contribution >= 0.6 is 11.6 Å². The number of halogens is 1. The lowest BCUT2D eigenvalue weighted by molar-refractivity contribution is -0.384. The molecule has 0 aliphatic carbocycles. The Kier molecular flexibility index (Phi) is 6.75. The number of aromatic amines is 4. The second-order valence-electron chi connectivity index (χ2n) is 10.0. The summed E-state index contributed by atoms with van der Waals surface area (Å²) in [4.78, 5) is 37.7. The molecule has 42 heavy (non-hydrogen) atoms. The molecule has 0 atom stereocenters. The monoisotopic (exact) mass is 581 g/mol. The molecule has 3 aromatic carbocycles. The SMILES string of the molecule is Cc1ccc(-c2[nH][nH]c(=O)c2C(c2ccc(-c3ccc([N+](=O)[O-])cc3Cl)o2)c2c(-c3ccc(C)cc3)[nH][nH]c2=O)cc1. The van der Waals surface area contributed by atoms with E-state index in [9.17, 15) is 19.7 Å². The first-order valence-corrected chi connectivity index (χ1v) is 13.4. The molecule has 0 spiro atoms. The van der Waals surface area contributed by atoms with Gasteiger partial charge in [-0.1, -0.05) is 71.3 Å². The molecule has 0 bridgehead atoms. The van der Waals surface area contributed by atoms with E-state index in [4.69, 9.17) is 16.0 Å². The largest absolute Gasteiger partial charge is 0.460 e. The molecular weight excluding hydrogens is 558 g/mol. The maximum Gasteiger partial charge on any atom is 0.270 e. The standard InChI is InChI=1S/C31H24ClN5O5/c1-16-3-7-18(8-4-16)28-26(30(38)35-33-28)25(27-29(34-36-31(27)39)19-9-5-17(2)6-10-19)24-14-13-23(42-24)21-12-11-20(37(40)41)15-22(21)32/h3-15,25H,1-2H3,(H2,33,35,38)(H2,34,36,39). The number of nitro benzene ring substituents is 1. The van der Waals surface area contributed by atoms with Gasteiger partial charge in [0, 0.05) is 17.7 Å². The van der Waals surface area contributed by atoms with Crippen LogP contribution in [-0.2, 0) is 0 Å². The molecule has 0 fully saturated rings. The summed E-state index contributed by atoms with van der Waals surface area (Å²) >= 11 is 6.40. The number of nitro groups is 1. The van der Waals surface area contributed by atoms with Gasteiger partial charge in [-0.2, -0.15) is 0 Å². The Balaban J connectivity index is 1.58. The van der Waals surface area contributed by atoms with E-state index in [1.165, 1.54) is 18.2 Å². The summed E-state index contributed by atoms with van der Waals surface area (Å²) in [6.07, 6.45) is 0. The number of aromatic nitrogens is 4. The van der Waals surface area contributed by atoms with Crippen LogP contribution in [0, 0.1) is 24.0 Å². The summed E-state index contributed by atoms with van der Waals surface area (Å²) in [5.74, 6) is -0.327. The molecule has 6 aromatic rings. The normalized spacial score (nSPS) is 11.3. The molecule has 3 heterocycles. The number of hydrogen-bond donors (Lipinski definition) is 4. The molecule has 0 amide bonds. The van der Waals surface area contributed by atoms with E-state index in [0.29, 0.717) is 28.5 Å². The van der Waals surface area contributed by atoms with Gasteiger partial charge in [0.15, 0.2) is 0 Å². The van der Waals surface area contributed by atoms with Gasteiger partial charge in [-0.3, -0.25) is 40.1 Å². The molecular formula is C31H24ClN5O5. The van der Waals surface area contributed by atoms with Crippen molar-refractivity contribution in [1.29, 1.82) is 0 Å². The van der Waals surface area contributed by atoms with Crippen molar-refractivity contribution in [3.8, 4) is 33.8 Å². The molecule has 0 radical (unpaired) electrons. The smallest absolute Gasteiger partial charge is 0.270 e. The number of nitrogens with zero attached hydrogens (tertiary/aromatic N) is 1. The van der Waals surface area contributed by atoms with Gasteiger partial charge in [-0.05, 0) is 43.2 Å². The Hall–Kier alpha value is -5.35. The average Bonchev–Trinajstić information content (AvgIpc) is 3.70. The maximum absolute atomic E-state index is 13.5. The van der Waals surface area contributed by atoms with Gasteiger partial charge >= 0.3 is 0 Å². The zero-order valence-electron chi connectivity index (χ0n) is 22.4. The van der Waals surface area contributed by atoms with Crippen molar-refractivity contribution in [1.82, 2.24) is 20.4 Å². The molecule has 210 valence electrons. The minimum Gasteiger partial charge on any atom is -0.460 e. The van der Waals surface area contributed by atoms with Crippen LogP contribution in [0.1, 0.15) is 33.9 Å². The molecule has 10 nitrogen and oxygen atoms in total. The highest BCUT2D eigenvalue weighted by molar-refractivity contribution is 6.33. The van der Waals surface area contributed by atoms with E-state index in [-0.39, 0.29) is 21.8 Å². The summed E-state index contributed by atoms with van der Waals surface area (Å²) in [6.45, 7) is 3.93. The lowest BCUT2D eigenvalue weighted by Crippen LogP contribution is -2.19. The maximum atomic E-state index is 13.5. The second kappa shape index (κ2) is 10.6. The van der Waals surface area contributed by atoms with E-state index in [1.807, 2.05) is 62.4 Å². The summed E-state index contributed by atoms with van der Waals surface area (Å²) in [7, 11) is 0. The molecule has 0 aliphatic heterocycles. The van der Waals surface area contributed by atoms with Crippen LogP contribution in [0.4, 0.5) is 5.69 Å². The first kappa shape index (κ1) is 26.9. The Morgan fingerprint density at radius 3 is 1.74 bits per heavy atom. The summed E-state index contributed by atoms with van der Waals surface area (Å²) in [6, 6.07) is 22.7. The number of benzene rings is 3. The highest BCUT2D eigenvalue weighted by Crippen LogP contribution is 2.41. The minimum absolute atomic E-state index is 0.126. The third-order valence-electron chi connectivity index (χ3n) is 7.23. The van der Waals surface area contributed by atoms with Crippen LogP contribution in [0.5, 0.6) is 0 Å². The molecule has 3 aromatic heterocycles. The van der Waals surface area contributed by atoms with Crippen LogP contribution in [0.15, 0.2) is 92.9 Å². The first-order valence-electron chi connectivity index (χ1n) is 13.0. The number of aryl methyl sites for hydroxylation is 2. The van der Waals surface area contributed by atoms with Crippen molar-refractivity contribution in [2.45, 2.75) is 19.8 Å². The Bertz CT molecular complexity index is 1950. The van der Waals surface area contributed by atoms with Gasteiger partial charge in [0.25, 0.3) is 16.8 Å². The predicted octanol–water partition coefficient (Wildman–Crippen LogP) is 6.67. The third kappa shape index (κ3) is 4.77. The summed E-state index contributed by atoms with van der Waals surface area (Å²) < 4.78 is 6.30. The fourth-order valence-electron chi connectivity index (χ4n) is 5.08. The van der Waals surface area contributed by atoms with Crippen molar-refractivity contribution < 1.29 is 9.34 Å². The Morgan fingerprint density at radius 1 is 0.738 bits per heavy atom. The number of H-pyrrole nitrogens is 4. The van der Waals surface area contributed by atoms with Crippen LogP contribution in [0.3, 0.4) is 0 Å². The van der Waals surface area contributed by atoms with Gasteiger partial charge in [-0.15, -0.1) is 0 Å². The first-order chi connectivity index (χ1) is 20.2. The molecule has 0 aliphatic rings. The van der Waals surface area contributed by atoms with Gasteiger partial charge in [0.05, 0.1) is 38.4 Å². The summed E-state index contributed by atoms with van der Waals surface area (Å²) in [5, 5.41) is 22.7. The minimum atomic E-state index is -0.951. The van der Waals surface area contributed by atoms with E-state index >= 15 is 0 Å². The zero-order chi connectivity index (χ0) is 29.5. The fraction of sp³-hybridized carbons (Fsp3) is 0.0968. The zero-order valence-corrected chi connectivity index (χ0v) is 23.2. The van der Waals surface area contributed by atoms with Gasteiger partial charge in [-0.25, -0.2) is 0 Å². The molecule has 11 heteroatoms. The number of non-ortho nitro benzene ring substituents is 1. The van der Waals surface area contributed by atoms with Gasteiger partial charge in [0.2, 0.25) is 0 Å². The summed E-state index contributed by atoms with van der Waals surface area (Å²) in [5.41, 5.74) is 4.60. The highest BCUT2D eigenvalue weighted by atomic mass is 35.5. The highest BCUT2D eigenvalue weighted by Gasteiger charge is 2.33. The number of rotatable bonds is 7. The van der Waals surface area contributed by atoms with Crippen LogP contribution in [0.2, 0.25) is 5.02 Å². The molecule has 4 N–H and O–H groups in total. The lowest BCUT2D eigenvalue weighted by Gasteiger charge is -2.15. The molecule has 6 rings (SSSR count).